The number of halogens is 1. The number of benzene rings is 1. The lowest BCUT2D eigenvalue weighted by molar-refractivity contribution is -0.136. The van der Waals surface area contributed by atoms with E-state index in [2.05, 4.69) is 24.8 Å². The van der Waals surface area contributed by atoms with Crippen LogP contribution in [0.5, 0.6) is 5.75 Å². The van der Waals surface area contributed by atoms with E-state index in [1.54, 1.807) is 7.11 Å². The van der Waals surface area contributed by atoms with Gasteiger partial charge >= 0.3 is 0 Å². The SMILES string of the molecule is CCN(CC)C(=O)C1CCCN(CC2=Cc3c(Cl)ccc(OC)c3CC2)C1. The number of likely N-dealkylation sites (tertiary alicyclic amines) is 1. The molecular weight excluding hydrogens is 360 g/mol. The van der Waals surface area contributed by atoms with E-state index in [0.717, 1.165) is 74.7 Å². The van der Waals surface area contributed by atoms with Crippen LogP contribution in [0.25, 0.3) is 6.08 Å². The normalized spacial score (nSPS) is 20.0. The zero-order valence-corrected chi connectivity index (χ0v) is 17.5. The van der Waals surface area contributed by atoms with E-state index >= 15 is 0 Å². The molecule has 2 aliphatic rings. The van der Waals surface area contributed by atoms with Gasteiger partial charge in [-0.1, -0.05) is 23.3 Å². The second kappa shape index (κ2) is 9.11. The van der Waals surface area contributed by atoms with Gasteiger partial charge in [0, 0.05) is 36.8 Å². The summed E-state index contributed by atoms with van der Waals surface area (Å²) in [6.07, 6.45) is 6.32. The predicted molar refractivity (Wildman–Crippen MR) is 111 cm³/mol. The van der Waals surface area contributed by atoms with Crippen molar-refractivity contribution in [2.24, 2.45) is 5.92 Å². The monoisotopic (exact) mass is 390 g/mol. The zero-order chi connectivity index (χ0) is 19.4. The van der Waals surface area contributed by atoms with Crippen LogP contribution in [0.1, 0.15) is 44.2 Å². The molecule has 3 rings (SSSR count). The minimum Gasteiger partial charge on any atom is -0.496 e. The van der Waals surface area contributed by atoms with E-state index < -0.39 is 0 Å². The number of ether oxygens (including phenoxy) is 1. The van der Waals surface area contributed by atoms with E-state index in [-0.39, 0.29) is 5.92 Å². The lowest BCUT2D eigenvalue weighted by atomic mass is 9.90. The van der Waals surface area contributed by atoms with Crippen molar-refractivity contribution >= 4 is 23.6 Å². The molecule has 1 amide bonds. The van der Waals surface area contributed by atoms with Gasteiger partial charge in [0.05, 0.1) is 13.0 Å². The van der Waals surface area contributed by atoms with Crippen LogP contribution < -0.4 is 4.74 Å². The van der Waals surface area contributed by atoms with Crippen molar-refractivity contribution in [3.8, 4) is 5.75 Å². The fraction of sp³-hybridized carbons (Fsp3) is 0.591. The Morgan fingerprint density at radius 1 is 1.30 bits per heavy atom. The van der Waals surface area contributed by atoms with Crippen LogP contribution in [0.3, 0.4) is 0 Å². The van der Waals surface area contributed by atoms with Crippen LogP contribution in [0.4, 0.5) is 0 Å². The third-order valence-electron chi connectivity index (χ3n) is 5.88. The van der Waals surface area contributed by atoms with Gasteiger partial charge in [0.1, 0.15) is 5.75 Å². The number of methoxy groups -OCH3 is 1. The minimum atomic E-state index is 0.138. The van der Waals surface area contributed by atoms with Crippen LogP contribution in [0.2, 0.25) is 5.02 Å². The summed E-state index contributed by atoms with van der Waals surface area (Å²) < 4.78 is 5.50. The number of hydrogen-bond donors (Lipinski definition) is 0. The average molecular weight is 391 g/mol. The number of nitrogens with zero attached hydrogens (tertiary/aromatic N) is 2. The number of carbonyl (C=O) groups excluding carboxylic acids is 1. The molecule has 1 fully saturated rings. The van der Waals surface area contributed by atoms with Gasteiger partial charge in [0.15, 0.2) is 0 Å². The summed E-state index contributed by atoms with van der Waals surface area (Å²) in [5, 5.41) is 0.788. The summed E-state index contributed by atoms with van der Waals surface area (Å²) in [6.45, 7) is 8.58. The Morgan fingerprint density at radius 3 is 2.78 bits per heavy atom. The smallest absolute Gasteiger partial charge is 0.226 e. The summed E-state index contributed by atoms with van der Waals surface area (Å²) in [7, 11) is 1.71. The molecule has 0 spiro atoms. The first kappa shape index (κ1) is 20.2. The molecule has 5 heteroatoms. The molecule has 0 radical (unpaired) electrons. The molecule has 0 bridgehead atoms. The highest BCUT2D eigenvalue weighted by atomic mass is 35.5. The first-order valence-corrected chi connectivity index (χ1v) is 10.5. The molecule has 1 aliphatic heterocycles. The molecule has 1 aromatic rings. The number of fused-ring (bicyclic) bond motifs is 1. The molecule has 1 atom stereocenters. The van der Waals surface area contributed by atoms with Gasteiger partial charge in [0.25, 0.3) is 0 Å². The molecule has 27 heavy (non-hydrogen) atoms. The van der Waals surface area contributed by atoms with Gasteiger partial charge in [-0.3, -0.25) is 9.69 Å². The van der Waals surface area contributed by atoms with Crippen LogP contribution in [0, 0.1) is 5.92 Å². The summed E-state index contributed by atoms with van der Waals surface area (Å²) in [4.78, 5) is 17.1. The van der Waals surface area contributed by atoms with Crippen molar-refractivity contribution in [1.29, 1.82) is 0 Å². The molecule has 0 saturated carbocycles. The van der Waals surface area contributed by atoms with Gasteiger partial charge < -0.3 is 9.64 Å². The molecular formula is C22H31ClN2O2. The van der Waals surface area contributed by atoms with Crippen molar-refractivity contribution in [2.75, 3.05) is 39.8 Å². The molecule has 1 saturated heterocycles. The molecule has 4 nitrogen and oxygen atoms in total. The van der Waals surface area contributed by atoms with Crippen LogP contribution in [-0.2, 0) is 11.2 Å². The first-order valence-electron chi connectivity index (χ1n) is 10.1. The molecule has 0 N–H and O–H groups in total. The van der Waals surface area contributed by atoms with E-state index in [9.17, 15) is 4.79 Å². The van der Waals surface area contributed by atoms with Crippen molar-refractivity contribution < 1.29 is 9.53 Å². The van der Waals surface area contributed by atoms with Gasteiger partial charge in [-0.25, -0.2) is 0 Å². The first-order chi connectivity index (χ1) is 13.1. The second-order valence-corrected chi connectivity index (χ2v) is 7.94. The van der Waals surface area contributed by atoms with Crippen molar-refractivity contribution in [3.63, 3.8) is 0 Å². The quantitative estimate of drug-likeness (QED) is 0.727. The maximum atomic E-state index is 12.7. The Bertz CT molecular complexity index is 713. The summed E-state index contributed by atoms with van der Waals surface area (Å²) >= 11 is 6.45. The van der Waals surface area contributed by atoms with E-state index in [0.29, 0.717) is 5.91 Å². The zero-order valence-electron chi connectivity index (χ0n) is 16.8. The molecule has 1 heterocycles. The van der Waals surface area contributed by atoms with Crippen LogP contribution >= 0.6 is 11.6 Å². The molecule has 1 aliphatic carbocycles. The lowest BCUT2D eigenvalue weighted by Gasteiger charge is -2.35. The third-order valence-corrected chi connectivity index (χ3v) is 6.21. The van der Waals surface area contributed by atoms with Gasteiger partial charge in [-0.05, 0) is 63.8 Å². The Kier molecular flexibility index (Phi) is 6.83. The highest BCUT2D eigenvalue weighted by Gasteiger charge is 2.29. The number of piperidine rings is 1. The fourth-order valence-electron chi connectivity index (χ4n) is 4.39. The lowest BCUT2D eigenvalue weighted by Crippen LogP contribution is -2.45. The highest BCUT2D eigenvalue weighted by Crippen LogP contribution is 2.36. The highest BCUT2D eigenvalue weighted by molar-refractivity contribution is 6.32. The Balaban J connectivity index is 1.70. The summed E-state index contributed by atoms with van der Waals surface area (Å²) in [5.74, 6) is 1.38. The Morgan fingerprint density at radius 2 is 2.07 bits per heavy atom. The van der Waals surface area contributed by atoms with E-state index in [4.69, 9.17) is 16.3 Å². The van der Waals surface area contributed by atoms with Crippen LogP contribution in [-0.4, -0.2) is 55.5 Å². The van der Waals surface area contributed by atoms with E-state index in [1.807, 2.05) is 17.0 Å². The molecule has 1 unspecified atom stereocenters. The Labute approximate surface area is 168 Å². The number of amides is 1. The topological polar surface area (TPSA) is 32.8 Å². The minimum absolute atomic E-state index is 0.138. The average Bonchev–Trinajstić information content (AvgIpc) is 2.70. The van der Waals surface area contributed by atoms with Gasteiger partial charge in [0.2, 0.25) is 5.91 Å². The van der Waals surface area contributed by atoms with Gasteiger partial charge in [-0.15, -0.1) is 0 Å². The molecule has 1 aromatic carbocycles. The number of carbonyl (C=O) groups is 1. The fourth-order valence-corrected chi connectivity index (χ4v) is 4.62. The van der Waals surface area contributed by atoms with E-state index in [1.165, 1.54) is 11.1 Å². The van der Waals surface area contributed by atoms with Crippen molar-refractivity contribution in [2.45, 2.75) is 39.5 Å². The van der Waals surface area contributed by atoms with Crippen molar-refractivity contribution in [1.82, 2.24) is 9.80 Å². The largest absolute Gasteiger partial charge is 0.496 e. The second-order valence-electron chi connectivity index (χ2n) is 7.53. The van der Waals surface area contributed by atoms with Gasteiger partial charge in [-0.2, -0.15) is 0 Å². The molecule has 0 aromatic heterocycles. The maximum Gasteiger partial charge on any atom is 0.226 e. The standard InChI is InChI=1S/C22H31ClN2O2/c1-4-25(5-2)22(26)17-7-6-12-24(15-17)14-16-8-9-18-19(13-16)20(23)10-11-21(18)27-3/h10-11,13,17H,4-9,12,14-15H2,1-3H3. The van der Waals surface area contributed by atoms with Crippen LogP contribution in [0.15, 0.2) is 17.7 Å². The summed E-state index contributed by atoms with van der Waals surface area (Å²) in [6, 6.07) is 3.87. The number of rotatable bonds is 6. The predicted octanol–water partition coefficient (Wildman–Crippen LogP) is 4.26. The summed E-state index contributed by atoms with van der Waals surface area (Å²) in [5.41, 5.74) is 3.71. The third kappa shape index (κ3) is 4.49. The number of hydrogen-bond acceptors (Lipinski definition) is 3. The molecule has 148 valence electrons. The maximum absolute atomic E-state index is 12.7. The Hall–Kier alpha value is -1.52. The van der Waals surface area contributed by atoms with Crippen molar-refractivity contribution in [3.05, 3.63) is 33.9 Å².